The molecule has 0 aromatic carbocycles. The van der Waals surface area contributed by atoms with Gasteiger partial charge in [0.2, 0.25) is 5.28 Å². The number of halogens is 1. The van der Waals surface area contributed by atoms with E-state index in [1.807, 2.05) is 34.6 Å². The quantitative estimate of drug-likeness (QED) is 0.803. The number of anilines is 1. The van der Waals surface area contributed by atoms with Gasteiger partial charge in [0.1, 0.15) is 0 Å². The van der Waals surface area contributed by atoms with Crippen LogP contribution in [0.2, 0.25) is 5.28 Å². The zero-order valence-corrected chi connectivity index (χ0v) is 11.9. The van der Waals surface area contributed by atoms with Crippen molar-refractivity contribution in [2.75, 3.05) is 5.32 Å². The lowest BCUT2D eigenvalue weighted by molar-refractivity contribution is 0.631. The molecule has 0 aliphatic heterocycles. The first kappa shape index (κ1) is 13.0. The SMILES string of the molecule is Cc1nc2nc(Cl)nc(NC(C)(C)C)c2nc1C. The average molecular weight is 266 g/mol. The minimum Gasteiger partial charge on any atom is -0.363 e. The number of hydrogen-bond acceptors (Lipinski definition) is 5. The van der Waals surface area contributed by atoms with E-state index >= 15 is 0 Å². The maximum Gasteiger partial charge on any atom is 0.226 e. The Morgan fingerprint density at radius 3 is 2.17 bits per heavy atom. The first-order valence-corrected chi connectivity index (χ1v) is 6.11. The van der Waals surface area contributed by atoms with Crippen molar-refractivity contribution in [3.05, 3.63) is 16.7 Å². The normalized spacial score (nSPS) is 11.9. The predicted molar refractivity (Wildman–Crippen MR) is 73.0 cm³/mol. The smallest absolute Gasteiger partial charge is 0.226 e. The minimum absolute atomic E-state index is 0.134. The van der Waals surface area contributed by atoms with Gasteiger partial charge in [0.25, 0.3) is 0 Å². The molecule has 2 heterocycles. The fourth-order valence-corrected chi connectivity index (χ4v) is 1.69. The summed E-state index contributed by atoms with van der Waals surface area (Å²) < 4.78 is 0. The number of hydrogen-bond donors (Lipinski definition) is 1. The molecule has 0 bridgehead atoms. The zero-order valence-electron chi connectivity index (χ0n) is 11.2. The van der Waals surface area contributed by atoms with E-state index in [-0.39, 0.29) is 10.8 Å². The molecular weight excluding hydrogens is 250 g/mol. The topological polar surface area (TPSA) is 63.6 Å². The number of rotatable bonds is 1. The van der Waals surface area contributed by atoms with Gasteiger partial charge in [0.05, 0.1) is 11.4 Å². The molecule has 6 heteroatoms. The summed E-state index contributed by atoms with van der Waals surface area (Å²) in [4.78, 5) is 17.2. The molecule has 0 fully saturated rings. The van der Waals surface area contributed by atoms with E-state index in [9.17, 15) is 0 Å². The van der Waals surface area contributed by atoms with Crippen LogP contribution >= 0.6 is 11.6 Å². The number of nitrogens with zero attached hydrogens (tertiary/aromatic N) is 4. The van der Waals surface area contributed by atoms with Crippen LogP contribution in [-0.2, 0) is 0 Å². The summed E-state index contributed by atoms with van der Waals surface area (Å²) in [6.45, 7) is 9.95. The Hall–Kier alpha value is -1.49. The summed E-state index contributed by atoms with van der Waals surface area (Å²) in [5, 5.41) is 3.45. The Morgan fingerprint density at radius 1 is 0.944 bits per heavy atom. The van der Waals surface area contributed by atoms with E-state index in [0.717, 1.165) is 11.4 Å². The number of nitrogens with one attached hydrogen (secondary N) is 1. The molecule has 0 aliphatic carbocycles. The van der Waals surface area contributed by atoms with E-state index in [0.29, 0.717) is 17.0 Å². The van der Waals surface area contributed by atoms with E-state index in [1.54, 1.807) is 0 Å². The van der Waals surface area contributed by atoms with Crippen molar-refractivity contribution >= 4 is 28.6 Å². The van der Waals surface area contributed by atoms with Crippen LogP contribution in [0, 0.1) is 13.8 Å². The molecule has 96 valence electrons. The van der Waals surface area contributed by atoms with E-state index in [4.69, 9.17) is 11.6 Å². The Bertz CT molecular complexity index is 603. The highest BCUT2D eigenvalue weighted by molar-refractivity contribution is 6.28. The fourth-order valence-electron chi connectivity index (χ4n) is 1.53. The number of aromatic nitrogens is 4. The maximum absolute atomic E-state index is 5.91. The van der Waals surface area contributed by atoms with Crippen molar-refractivity contribution in [2.45, 2.75) is 40.2 Å². The monoisotopic (exact) mass is 265 g/mol. The second-order valence-electron chi connectivity index (χ2n) is 5.28. The largest absolute Gasteiger partial charge is 0.363 e. The second kappa shape index (κ2) is 4.31. The molecule has 2 aromatic heterocycles. The molecule has 5 nitrogen and oxygen atoms in total. The fraction of sp³-hybridized carbons (Fsp3) is 0.500. The van der Waals surface area contributed by atoms with Crippen LogP contribution in [0.3, 0.4) is 0 Å². The van der Waals surface area contributed by atoms with Crippen LogP contribution in [0.15, 0.2) is 0 Å². The molecular formula is C12H16ClN5. The van der Waals surface area contributed by atoms with Crippen molar-refractivity contribution in [3.63, 3.8) is 0 Å². The van der Waals surface area contributed by atoms with Gasteiger partial charge >= 0.3 is 0 Å². The molecule has 0 amide bonds. The van der Waals surface area contributed by atoms with E-state index in [2.05, 4.69) is 25.3 Å². The molecule has 2 rings (SSSR count). The van der Waals surface area contributed by atoms with Gasteiger partial charge in [0, 0.05) is 5.54 Å². The van der Waals surface area contributed by atoms with E-state index < -0.39 is 0 Å². The minimum atomic E-state index is -0.134. The molecule has 1 N–H and O–H groups in total. The highest BCUT2D eigenvalue weighted by Crippen LogP contribution is 2.22. The molecule has 0 radical (unpaired) electrons. The van der Waals surface area contributed by atoms with Gasteiger partial charge in [-0.2, -0.15) is 9.97 Å². The van der Waals surface area contributed by atoms with Crippen molar-refractivity contribution in [1.29, 1.82) is 0 Å². The van der Waals surface area contributed by atoms with Crippen LogP contribution in [-0.4, -0.2) is 25.5 Å². The number of aryl methyl sites for hydroxylation is 2. The summed E-state index contributed by atoms with van der Waals surface area (Å²) in [6, 6.07) is 0. The highest BCUT2D eigenvalue weighted by Gasteiger charge is 2.16. The Labute approximate surface area is 111 Å². The first-order chi connectivity index (χ1) is 8.26. The standard InChI is InChI=1S/C12H16ClN5/c1-6-7(2)15-9-8(14-6)10(17-11(13)16-9)18-12(3,4)5/h1-5H3,(H,15,16,17,18). The molecule has 0 spiro atoms. The molecule has 0 atom stereocenters. The van der Waals surface area contributed by atoms with Crippen LogP contribution in [0.4, 0.5) is 5.82 Å². The summed E-state index contributed by atoms with van der Waals surface area (Å²) in [6.07, 6.45) is 0. The van der Waals surface area contributed by atoms with Gasteiger partial charge in [-0.25, -0.2) is 9.97 Å². The molecule has 18 heavy (non-hydrogen) atoms. The van der Waals surface area contributed by atoms with Crippen molar-refractivity contribution in [2.24, 2.45) is 0 Å². The van der Waals surface area contributed by atoms with Gasteiger partial charge in [-0.3, -0.25) is 0 Å². The lowest BCUT2D eigenvalue weighted by Crippen LogP contribution is -2.27. The van der Waals surface area contributed by atoms with Gasteiger partial charge in [0.15, 0.2) is 17.0 Å². The lowest BCUT2D eigenvalue weighted by atomic mass is 10.1. The van der Waals surface area contributed by atoms with Crippen molar-refractivity contribution < 1.29 is 0 Å². The maximum atomic E-state index is 5.91. The Morgan fingerprint density at radius 2 is 1.56 bits per heavy atom. The van der Waals surface area contributed by atoms with Gasteiger partial charge < -0.3 is 5.32 Å². The van der Waals surface area contributed by atoms with Crippen LogP contribution in [0.1, 0.15) is 32.2 Å². The van der Waals surface area contributed by atoms with Crippen molar-refractivity contribution in [1.82, 2.24) is 19.9 Å². The van der Waals surface area contributed by atoms with Crippen molar-refractivity contribution in [3.8, 4) is 0 Å². The van der Waals surface area contributed by atoms with Gasteiger partial charge in [-0.15, -0.1) is 0 Å². The third kappa shape index (κ3) is 2.67. The Balaban J connectivity index is 2.68. The molecule has 0 unspecified atom stereocenters. The zero-order chi connectivity index (χ0) is 13.5. The Kier molecular flexibility index (Phi) is 3.11. The molecule has 0 saturated heterocycles. The predicted octanol–water partition coefficient (Wildman–Crippen LogP) is 2.90. The van der Waals surface area contributed by atoms with Crippen LogP contribution in [0.25, 0.3) is 11.2 Å². The van der Waals surface area contributed by atoms with Crippen LogP contribution < -0.4 is 5.32 Å². The summed E-state index contributed by atoms with van der Waals surface area (Å²) in [5.74, 6) is 0.619. The van der Waals surface area contributed by atoms with Crippen LogP contribution in [0.5, 0.6) is 0 Å². The molecule has 0 saturated carbocycles. The average Bonchev–Trinajstić information content (AvgIpc) is 2.18. The van der Waals surface area contributed by atoms with E-state index in [1.165, 1.54) is 0 Å². The second-order valence-corrected chi connectivity index (χ2v) is 5.62. The van der Waals surface area contributed by atoms with Gasteiger partial charge in [-0.05, 0) is 46.2 Å². The third-order valence-electron chi connectivity index (χ3n) is 2.41. The van der Waals surface area contributed by atoms with Gasteiger partial charge in [-0.1, -0.05) is 0 Å². The molecule has 2 aromatic rings. The lowest BCUT2D eigenvalue weighted by Gasteiger charge is -2.21. The molecule has 0 aliphatic rings. The third-order valence-corrected chi connectivity index (χ3v) is 2.58. The summed E-state index contributed by atoms with van der Waals surface area (Å²) >= 11 is 5.91. The summed E-state index contributed by atoms with van der Waals surface area (Å²) in [5.41, 5.74) is 2.75. The highest BCUT2D eigenvalue weighted by atomic mass is 35.5. The summed E-state index contributed by atoms with van der Waals surface area (Å²) in [7, 11) is 0. The number of fused-ring (bicyclic) bond motifs is 1. The first-order valence-electron chi connectivity index (χ1n) is 5.73.